The number of hydrogen-bond acceptors (Lipinski definition) is 3. The van der Waals surface area contributed by atoms with Crippen LogP contribution in [-0.4, -0.2) is 20.8 Å². The molecule has 0 spiro atoms. The van der Waals surface area contributed by atoms with E-state index in [9.17, 15) is 0 Å². The molecule has 0 aliphatic rings. The third kappa shape index (κ3) is 3.16. The first-order chi connectivity index (χ1) is 7.72. The minimum absolute atomic E-state index is 0.542. The fourth-order valence-electron chi connectivity index (χ4n) is 1.30. The molecule has 4 heteroatoms. The molecule has 0 heterocycles. The number of nitrogens with one attached hydrogen (secondary N) is 1. The third-order valence-corrected chi connectivity index (χ3v) is 2.83. The van der Waals surface area contributed by atoms with E-state index < -0.39 is 0 Å². The zero-order chi connectivity index (χ0) is 12.0. The maximum atomic E-state index is 5.22. The van der Waals surface area contributed by atoms with E-state index in [1.54, 1.807) is 14.2 Å². The Hall–Kier alpha value is -1.18. The van der Waals surface area contributed by atoms with Gasteiger partial charge in [-0.15, -0.1) is 6.42 Å². The standard InChI is InChI=1S/C12H14BrNO2/c1-4-5-14-8-9-6-11(15-2)12(16-3)7-10(9)13/h1,6-7,14H,5,8H2,2-3H3. The van der Waals surface area contributed by atoms with E-state index in [4.69, 9.17) is 15.9 Å². The summed E-state index contributed by atoms with van der Waals surface area (Å²) in [5.41, 5.74) is 1.08. The molecular weight excluding hydrogens is 270 g/mol. The van der Waals surface area contributed by atoms with Crippen LogP contribution in [0.25, 0.3) is 0 Å². The summed E-state index contributed by atoms with van der Waals surface area (Å²) in [7, 11) is 3.23. The first kappa shape index (κ1) is 12.9. The largest absolute Gasteiger partial charge is 0.493 e. The highest BCUT2D eigenvalue weighted by molar-refractivity contribution is 9.10. The second-order valence-electron chi connectivity index (χ2n) is 3.11. The SMILES string of the molecule is C#CCNCc1cc(OC)c(OC)cc1Br. The lowest BCUT2D eigenvalue weighted by Gasteiger charge is -2.11. The van der Waals surface area contributed by atoms with Gasteiger partial charge in [0, 0.05) is 11.0 Å². The molecule has 0 atom stereocenters. The van der Waals surface area contributed by atoms with Crippen LogP contribution in [0.2, 0.25) is 0 Å². The highest BCUT2D eigenvalue weighted by atomic mass is 79.9. The van der Waals surface area contributed by atoms with Gasteiger partial charge in [-0.2, -0.15) is 0 Å². The third-order valence-electron chi connectivity index (χ3n) is 2.10. The fourth-order valence-corrected chi connectivity index (χ4v) is 1.76. The Bertz CT molecular complexity index is 399. The molecule has 0 aliphatic heterocycles. The first-order valence-electron chi connectivity index (χ1n) is 4.77. The zero-order valence-corrected chi connectivity index (χ0v) is 10.9. The Balaban J connectivity index is 2.89. The second-order valence-corrected chi connectivity index (χ2v) is 3.96. The molecule has 1 aromatic rings. The molecule has 1 rings (SSSR count). The van der Waals surface area contributed by atoms with E-state index >= 15 is 0 Å². The monoisotopic (exact) mass is 283 g/mol. The molecule has 1 N–H and O–H groups in total. The van der Waals surface area contributed by atoms with Crippen LogP contribution in [0, 0.1) is 12.3 Å². The lowest BCUT2D eigenvalue weighted by molar-refractivity contribution is 0.354. The second kappa shape index (κ2) is 6.41. The van der Waals surface area contributed by atoms with Gasteiger partial charge >= 0.3 is 0 Å². The number of terminal acetylenes is 1. The predicted molar refractivity (Wildman–Crippen MR) is 67.8 cm³/mol. The molecule has 86 valence electrons. The molecule has 0 saturated heterocycles. The number of hydrogen-bond donors (Lipinski definition) is 1. The van der Waals surface area contributed by atoms with Crippen molar-refractivity contribution < 1.29 is 9.47 Å². The molecule has 0 unspecified atom stereocenters. The number of benzene rings is 1. The summed E-state index contributed by atoms with van der Waals surface area (Å²) in [6.07, 6.45) is 5.16. The van der Waals surface area contributed by atoms with Gasteiger partial charge in [-0.3, -0.25) is 0 Å². The first-order valence-corrected chi connectivity index (χ1v) is 5.56. The van der Waals surface area contributed by atoms with Gasteiger partial charge in [0.1, 0.15) is 0 Å². The van der Waals surface area contributed by atoms with Crippen LogP contribution in [-0.2, 0) is 6.54 Å². The Morgan fingerprint density at radius 2 is 1.94 bits per heavy atom. The van der Waals surface area contributed by atoms with E-state index in [0.717, 1.165) is 10.0 Å². The van der Waals surface area contributed by atoms with Crippen molar-refractivity contribution in [2.45, 2.75) is 6.54 Å². The average Bonchev–Trinajstić information content (AvgIpc) is 2.31. The lowest BCUT2D eigenvalue weighted by atomic mass is 10.2. The van der Waals surface area contributed by atoms with Crippen molar-refractivity contribution in [1.29, 1.82) is 0 Å². The van der Waals surface area contributed by atoms with Crippen molar-refractivity contribution in [2.24, 2.45) is 0 Å². The van der Waals surface area contributed by atoms with Crippen molar-refractivity contribution >= 4 is 15.9 Å². The van der Waals surface area contributed by atoms with Gasteiger partial charge in [0.25, 0.3) is 0 Å². The van der Waals surface area contributed by atoms with Crippen molar-refractivity contribution in [3.05, 3.63) is 22.2 Å². The van der Waals surface area contributed by atoms with Gasteiger partial charge in [-0.1, -0.05) is 21.9 Å². The van der Waals surface area contributed by atoms with Gasteiger partial charge in [-0.05, 0) is 17.7 Å². The van der Waals surface area contributed by atoms with Gasteiger partial charge in [0.05, 0.1) is 20.8 Å². The van der Waals surface area contributed by atoms with Gasteiger partial charge in [0.2, 0.25) is 0 Å². The van der Waals surface area contributed by atoms with E-state index in [1.165, 1.54) is 0 Å². The maximum Gasteiger partial charge on any atom is 0.161 e. The molecule has 0 radical (unpaired) electrons. The van der Waals surface area contributed by atoms with E-state index in [-0.39, 0.29) is 0 Å². The molecule has 0 amide bonds. The van der Waals surface area contributed by atoms with Gasteiger partial charge < -0.3 is 14.8 Å². The van der Waals surface area contributed by atoms with Gasteiger partial charge in [0.15, 0.2) is 11.5 Å². The molecule has 3 nitrogen and oxygen atoms in total. The quantitative estimate of drug-likeness (QED) is 0.664. The van der Waals surface area contributed by atoms with Crippen LogP contribution in [0.1, 0.15) is 5.56 Å². The number of methoxy groups -OCH3 is 2. The van der Waals surface area contributed by atoms with E-state index in [2.05, 4.69) is 27.2 Å². The van der Waals surface area contributed by atoms with Crippen molar-refractivity contribution in [2.75, 3.05) is 20.8 Å². The lowest BCUT2D eigenvalue weighted by Crippen LogP contribution is -2.13. The highest BCUT2D eigenvalue weighted by Gasteiger charge is 2.08. The minimum Gasteiger partial charge on any atom is -0.493 e. The minimum atomic E-state index is 0.542. The van der Waals surface area contributed by atoms with Crippen molar-refractivity contribution in [1.82, 2.24) is 5.32 Å². The molecule has 0 saturated carbocycles. The molecule has 0 bridgehead atoms. The maximum absolute atomic E-state index is 5.22. The fraction of sp³-hybridized carbons (Fsp3) is 0.333. The number of ether oxygens (including phenoxy) is 2. The summed E-state index contributed by atoms with van der Waals surface area (Å²) in [5.74, 6) is 3.94. The zero-order valence-electron chi connectivity index (χ0n) is 9.34. The normalized spacial score (nSPS) is 9.62. The molecule has 16 heavy (non-hydrogen) atoms. The Morgan fingerprint density at radius 3 is 2.50 bits per heavy atom. The van der Waals surface area contributed by atoms with E-state index in [0.29, 0.717) is 24.6 Å². The van der Waals surface area contributed by atoms with Crippen LogP contribution in [0.3, 0.4) is 0 Å². The summed E-state index contributed by atoms with van der Waals surface area (Å²) in [6.45, 7) is 1.23. The summed E-state index contributed by atoms with van der Waals surface area (Å²) in [6, 6.07) is 3.80. The molecule has 0 aliphatic carbocycles. The van der Waals surface area contributed by atoms with Crippen LogP contribution in [0.15, 0.2) is 16.6 Å². The molecular formula is C12H14BrNO2. The van der Waals surface area contributed by atoms with Gasteiger partial charge in [-0.25, -0.2) is 0 Å². The van der Waals surface area contributed by atoms with Crippen LogP contribution in [0.4, 0.5) is 0 Å². The summed E-state index contributed by atoms with van der Waals surface area (Å²) in [5, 5.41) is 3.12. The van der Waals surface area contributed by atoms with Crippen molar-refractivity contribution in [3.8, 4) is 23.8 Å². The molecule has 1 aromatic carbocycles. The highest BCUT2D eigenvalue weighted by Crippen LogP contribution is 2.33. The summed E-state index contributed by atoms with van der Waals surface area (Å²) >= 11 is 3.48. The van der Waals surface area contributed by atoms with Crippen LogP contribution < -0.4 is 14.8 Å². The topological polar surface area (TPSA) is 30.5 Å². The number of halogens is 1. The van der Waals surface area contributed by atoms with E-state index in [1.807, 2.05) is 12.1 Å². The summed E-state index contributed by atoms with van der Waals surface area (Å²) < 4.78 is 11.4. The van der Waals surface area contributed by atoms with Crippen molar-refractivity contribution in [3.63, 3.8) is 0 Å². The smallest absolute Gasteiger partial charge is 0.161 e. The summed E-state index contributed by atoms with van der Waals surface area (Å²) in [4.78, 5) is 0. The van der Waals surface area contributed by atoms with Crippen LogP contribution in [0.5, 0.6) is 11.5 Å². The molecule has 0 fully saturated rings. The Labute approximate surface area is 104 Å². The average molecular weight is 284 g/mol. The Morgan fingerprint density at radius 1 is 1.31 bits per heavy atom. The van der Waals surface area contributed by atoms with Crippen LogP contribution >= 0.6 is 15.9 Å². The number of rotatable bonds is 5. The Kier molecular flexibility index (Phi) is 5.17. The predicted octanol–water partition coefficient (Wildman–Crippen LogP) is 2.19. The molecule has 0 aromatic heterocycles.